The van der Waals surface area contributed by atoms with Crippen molar-refractivity contribution in [2.75, 3.05) is 6.54 Å². The van der Waals surface area contributed by atoms with Gasteiger partial charge in [-0.1, -0.05) is 30.3 Å². The fourth-order valence-corrected chi connectivity index (χ4v) is 1.94. The molecule has 1 heterocycles. The molecule has 5 nitrogen and oxygen atoms in total. The molecule has 0 saturated heterocycles. The Balaban J connectivity index is 0.00000200. The zero-order valence-corrected chi connectivity index (χ0v) is 12.4. The number of nitrogens with one attached hydrogen (secondary N) is 1. The van der Waals surface area contributed by atoms with E-state index in [0.717, 1.165) is 5.56 Å². The van der Waals surface area contributed by atoms with Gasteiger partial charge in [0.25, 0.3) is 5.91 Å². The van der Waals surface area contributed by atoms with Gasteiger partial charge < -0.3 is 11.1 Å². The van der Waals surface area contributed by atoms with Crippen LogP contribution in [0.2, 0.25) is 0 Å². The van der Waals surface area contributed by atoms with Crippen LogP contribution in [0, 0.1) is 6.92 Å². The molecule has 0 bridgehead atoms. The maximum Gasteiger partial charge on any atom is 0.254 e. The third-order valence-electron chi connectivity index (χ3n) is 2.97. The summed E-state index contributed by atoms with van der Waals surface area (Å²) >= 11 is 0. The maximum absolute atomic E-state index is 12.0. The molecule has 0 spiro atoms. The number of carbonyl (C=O) groups excluding carboxylic acids is 1. The molecule has 1 aromatic heterocycles. The van der Waals surface area contributed by atoms with E-state index in [2.05, 4.69) is 10.4 Å². The summed E-state index contributed by atoms with van der Waals surface area (Å²) in [5.74, 6) is -0.142. The van der Waals surface area contributed by atoms with Gasteiger partial charge in [-0.05, 0) is 12.5 Å². The summed E-state index contributed by atoms with van der Waals surface area (Å²) in [6.45, 7) is 2.21. The van der Waals surface area contributed by atoms with Crippen molar-refractivity contribution in [3.05, 3.63) is 53.3 Å². The Bertz CT molecular complexity index is 568. The van der Waals surface area contributed by atoms with Gasteiger partial charge in [-0.25, -0.2) is 0 Å². The van der Waals surface area contributed by atoms with Crippen LogP contribution in [0.4, 0.5) is 0 Å². The number of halogens is 1. The first kappa shape index (κ1) is 16.2. The molecular weight excluding hydrogens is 276 g/mol. The van der Waals surface area contributed by atoms with Crippen molar-refractivity contribution < 1.29 is 4.79 Å². The maximum atomic E-state index is 12.0. The van der Waals surface area contributed by atoms with Gasteiger partial charge in [0.15, 0.2) is 0 Å². The summed E-state index contributed by atoms with van der Waals surface area (Å²) in [7, 11) is 1.79. The van der Waals surface area contributed by atoms with Crippen LogP contribution in [0.15, 0.2) is 36.5 Å². The van der Waals surface area contributed by atoms with Crippen molar-refractivity contribution >= 4 is 18.3 Å². The predicted molar refractivity (Wildman–Crippen MR) is 80.9 cm³/mol. The van der Waals surface area contributed by atoms with Crippen LogP contribution in [0.5, 0.6) is 0 Å². The number of aryl methyl sites for hydroxylation is 2. The van der Waals surface area contributed by atoms with Crippen molar-refractivity contribution in [3.63, 3.8) is 0 Å². The van der Waals surface area contributed by atoms with Crippen LogP contribution in [-0.2, 0) is 7.05 Å². The summed E-state index contributed by atoms with van der Waals surface area (Å²) in [6, 6.07) is 9.50. The second-order valence-corrected chi connectivity index (χ2v) is 4.53. The van der Waals surface area contributed by atoms with Gasteiger partial charge in [-0.3, -0.25) is 9.48 Å². The molecule has 0 aliphatic carbocycles. The van der Waals surface area contributed by atoms with Crippen molar-refractivity contribution in [2.24, 2.45) is 12.8 Å². The van der Waals surface area contributed by atoms with Crippen molar-refractivity contribution in [1.82, 2.24) is 15.1 Å². The first-order valence-corrected chi connectivity index (χ1v) is 6.17. The Morgan fingerprint density at radius 3 is 2.60 bits per heavy atom. The van der Waals surface area contributed by atoms with Gasteiger partial charge in [0, 0.05) is 25.8 Å². The number of hydrogen-bond acceptors (Lipinski definition) is 3. The van der Waals surface area contributed by atoms with Crippen LogP contribution in [0.3, 0.4) is 0 Å². The van der Waals surface area contributed by atoms with Gasteiger partial charge in [-0.2, -0.15) is 5.10 Å². The molecule has 6 heteroatoms. The largest absolute Gasteiger partial charge is 0.350 e. The molecule has 1 unspecified atom stereocenters. The zero-order valence-electron chi connectivity index (χ0n) is 11.5. The second kappa shape index (κ2) is 7.07. The molecule has 0 saturated carbocycles. The lowest BCUT2D eigenvalue weighted by atomic mass is 10.1. The highest BCUT2D eigenvalue weighted by Gasteiger charge is 2.13. The lowest BCUT2D eigenvalue weighted by Crippen LogP contribution is -2.32. The van der Waals surface area contributed by atoms with E-state index < -0.39 is 0 Å². The van der Waals surface area contributed by atoms with E-state index in [-0.39, 0.29) is 24.4 Å². The number of nitrogens with zero attached hydrogens (tertiary/aromatic N) is 2. The van der Waals surface area contributed by atoms with Gasteiger partial charge in [-0.15, -0.1) is 12.4 Å². The topological polar surface area (TPSA) is 72.9 Å². The summed E-state index contributed by atoms with van der Waals surface area (Å²) in [6.07, 6.45) is 1.71. The van der Waals surface area contributed by atoms with Gasteiger partial charge in [0.2, 0.25) is 0 Å². The minimum Gasteiger partial charge on any atom is -0.350 e. The monoisotopic (exact) mass is 294 g/mol. The second-order valence-electron chi connectivity index (χ2n) is 4.53. The lowest BCUT2D eigenvalue weighted by molar-refractivity contribution is 0.0950. The van der Waals surface area contributed by atoms with E-state index in [4.69, 9.17) is 5.73 Å². The normalized spacial score (nSPS) is 11.6. The first-order valence-electron chi connectivity index (χ1n) is 6.17. The Kier molecular flexibility index (Phi) is 5.73. The minimum atomic E-state index is -0.206. The average molecular weight is 295 g/mol. The van der Waals surface area contributed by atoms with Gasteiger partial charge in [0.05, 0.1) is 11.3 Å². The SMILES string of the molecule is Cc1nn(C)cc1C(=O)NCC(N)c1ccccc1.Cl. The molecule has 0 aliphatic rings. The van der Waals surface area contributed by atoms with Gasteiger partial charge >= 0.3 is 0 Å². The van der Waals surface area contributed by atoms with Crippen molar-refractivity contribution in [1.29, 1.82) is 0 Å². The number of hydrogen-bond donors (Lipinski definition) is 2. The third kappa shape index (κ3) is 3.82. The highest BCUT2D eigenvalue weighted by Crippen LogP contribution is 2.09. The lowest BCUT2D eigenvalue weighted by Gasteiger charge is -2.12. The predicted octanol–water partition coefficient (Wildman–Crippen LogP) is 1.58. The highest BCUT2D eigenvalue weighted by atomic mass is 35.5. The summed E-state index contributed by atoms with van der Waals surface area (Å²) < 4.78 is 1.63. The highest BCUT2D eigenvalue weighted by molar-refractivity contribution is 5.95. The number of carbonyl (C=O) groups is 1. The molecule has 1 amide bonds. The molecule has 0 aliphatic heterocycles. The van der Waals surface area contributed by atoms with Crippen LogP contribution < -0.4 is 11.1 Å². The molecule has 1 aromatic carbocycles. The number of nitrogens with two attached hydrogens (primary N) is 1. The minimum absolute atomic E-state index is 0. The van der Waals surface area contributed by atoms with E-state index in [0.29, 0.717) is 17.8 Å². The van der Waals surface area contributed by atoms with E-state index >= 15 is 0 Å². The third-order valence-corrected chi connectivity index (χ3v) is 2.97. The molecule has 2 rings (SSSR count). The molecule has 0 fully saturated rings. The molecular formula is C14H19ClN4O. The van der Waals surface area contributed by atoms with Crippen LogP contribution in [0.25, 0.3) is 0 Å². The fraction of sp³-hybridized carbons (Fsp3) is 0.286. The molecule has 0 radical (unpaired) electrons. The van der Waals surface area contributed by atoms with E-state index in [1.807, 2.05) is 37.3 Å². The molecule has 108 valence electrons. The van der Waals surface area contributed by atoms with E-state index in [1.165, 1.54) is 0 Å². The molecule has 3 N–H and O–H groups in total. The van der Waals surface area contributed by atoms with E-state index in [9.17, 15) is 4.79 Å². The summed E-state index contributed by atoms with van der Waals surface area (Å²) in [5.41, 5.74) is 8.34. The van der Waals surface area contributed by atoms with Crippen LogP contribution in [-0.4, -0.2) is 22.2 Å². The Morgan fingerprint density at radius 1 is 1.40 bits per heavy atom. The van der Waals surface area contributed by atoms with Crippen molar-refractivity contribution in [3.8, 4) is 0 Å². The number of rotatable bonds is 4. The summed E-state index contributed by atoms with van der Waals surface area (Å²) in [5, 5.41) is 6.98. The molecule has 20 heavy (non-hydrogen) atoms. The molecule has 2 aromatic rings. The number of aromatic nitrogens is 2. The Labute approximate surface area is 124 Å². The van der Waals surface area contributed by atoms with Crippen LogP contribution >= 0.6 is 12.4 Å². The van der Waals surface area contributed by atoms with E-state index in [1.54, 1.807) is 17.9 Å². The smallest absolute Gasteiger partial charge is 0.254 e. The Morgan fingerprint density at radius 2 is 2.05 bits per heavy atom. The Hall–Kier alpha value is -1.85. The standard InChI is InChI=1S/C14H18N4O.ClH/c1-10-12(9-18(2)17-10)14(19)16-8-13(15)11-6-4-3-5-7-11;/h3-7,9,13H,8,15H2,1-2H3,(H,16,19);1H. The van der Waals surface area contributed by atoms with Gasteiger partial charge in [0.1, 0.15) is 0 Å². The average Bonchev–Trinajstić information content (AvgIpc) is 2.75. The van der Waals surface area contributed by atoms with Crippen molar-refractivity contribution in [2.45, 2.75) is 13.0 Å². The summed E-state index contributed by atoms with van der Waals surface area (Å²) in [4.78, 5) is 12.0. The number of amides is 1. The first-order chi connectivity index (χ1) is 9.08. The zero-order chi connectivity index (χ0) is 13.8. The van der Waals surface area contributed by atoms with Crippen LogP contribution in [0.1, 0.15) is 27.7 Å². The molecule has 1 atom stereocenters. The quantitative estimate of drug-likeness (QED) is 0.899. The fourth-order valence-electron chi connectivity index (χ4n) is 1.94. The number of benzene rings is 1.